The van der Waals surface area contributed by atoms with Crippen molar-refractivity contribution in [2.45, 2.75) is 33.4 Å². The lowest BCUT2D eigenvalue weighted by Gasteiger charge is -2.32. The summed E-state index contributed by atoms with van der Waals surface area (Å²) in [5, 5.41) is 3.47. The number of aromatic nitrogens is 1. The van der Waals surface area contributed by atoms with Crippen LogP contribution in [0, 0.1) is 5.92 Å². The van der Waals surface area contributed by atoms with Crippen LogP contribution in [0.5, 0.6) is 0 Å². The smallest absolute Gasteiger partial charge is 0.128 e. The van der Waals surface area contributed by atoms with Crippen LogP contribution in [-0.4, -0.2) is 37.3 Å². The Hall–Kier alpha value is -1.13. The highest BCUT2D eigenvalue weighted by Gasteiger charge is 2.17. The van der Waals surface area contributed by atoms with Crippen LogP contribution in [0.3, 0.4) is 0 Å². The van der Waals surface area contributed by atoms with Crippen molar-refractivity contribution in [1.29, 1.82) is 0 Å². The van der Waals surface area contributed by atoms with Crippen LogP contribution < -0.4 is 10.2 Å². The van der Waals surface area contributed by atoms with E-state index < -0.39 is 0 Å². The molecule has 1 N–H and O–H groups in total. The average molecular weight is 263 g/mol. The maximum Gasteiger partial charge on any atom is 0.128 e. The topological polar surface area (TPSA) is 37.4 Å². The van der Waals surface area contributed by atoms with Gasteiger partial charge in [0.1, 0.15) is 5.82 Å². The van der Waals surface area contributed by atoms with Crippen molar-refractivity contribution in [3.8, 4) is 0 Å². The molecule has 2 heterocycles. The van der Waals surface area contributed by atoms with Crippen LogP contribution in [0.4, 0.5) is 5.82 Å². The molecule has 1 saturated heterocycles. The number of ether oxygens (including phenoxy) is 1. The number of hydrogen-bond acceptors (Lipinski definition) is 4. The van der Waals surface area contributed by atoms with Crippen molar-refractivity contribution in [1.82, 2.24) is 10.3 Å². The molecule has 0 aromatic carbocycles. The molecule has 0 aliphatic carbocycles. The third-order valence-electron chi connectivity index (χ3n) is 3.26. The molecule has 1 atom stereocenters. The van der Waals surface area contributed by atoms with Gasteiger partial charge in [-0.2, -0.15) is 0 Å². The highest BCUT2D eigenvalue weighted by Crippen LogP contribution is 2.16. The van der Waals surface area contributed by atoms with Gasteiger partial charge in [0.2, 0.25) is 0 Å². The average Bonchev–Trinajstić information content (AvgIpc) is 2.39. The lowest BCUT2D eigenvalue weighted by atomic mass is 10.2. The van der Waals surface area contributed by atoms with Crippen molar-refractivity contribution >= 4 is 5.82 Å². The van der Waals surface area contributed by atoms with E-state index in [1.807, 2.05) is 6.20 Å². The molecule has 1 aromatic heterocycles. The Bertz CT molecular complexity index is 395. The lowest BCUT2D eigenvalue weighted by Crippen LogP contribution is -2.41. The van der Waals surface area contributed by atoms with Gasteiger partial charge in [-0.05, 0) is 37.1 Å². The van der Waals surface area contributed by atoms with E-state index in [4.69, 9.17) is 4.74 Å². The molecular weight excluding hydrogens is 238 g/mol. The molecule has 106 valence electrons. The molecule has 0 radical (unpaired) electrons. The van der Waals surface area contributed by atoms with Crippen LogP contribution in [0.1, 0.15) is 26.3 Å². The quantitative estimate of drug-likeness (QED) is 0.882. The first kappa shape index (κ1) is 14.3. The standard InChI is InChI=1S/C15H25N3O/c1-12(2)9-16-10-14-4-5-17-15(8-14)18-6-7-19-13(3)11-18/h4-5,8,12-13,16H,6-7,9-11H2,1-3H3. The van der Waals surface area contributed by atoms with Gasteiger partial charge in [-0.15, -0.1) is 0 Å². The second-order valence-corrected chi connectivity index (χ2v) is 5.67. The van der Waals surface area contributed by atoms with Gasteiger partial charge >= 0.3 is 0 Å². The molecule has 19 heavy (non-hydrogen) atoms. The van der Waals surface area contributed by atoms with Crippen molar-refractivity contribution in [3.05, 3.63) is 23.9 Å². The first-order valence-corrected chi connectivity index (χ1v) is 7.17. The lowest BCUT2D eigenvalue weighted by molar-refractivity contribution is 0.0529. The molecule has 4 nitrogen and oxygen atoms in total. The van der Waals surface area contributed by atoms with E-state index in [9.17, 15) is 0 Å². The molecule has 1 unspecified atom stereocenters. The third-order valence-corrected chi connectivity index (χ3v) is 3.26. The zero-order valence-corrected chi connectivity index (χ0v) is 12.2. The fourth-order valence-electron chi connectivity index (χ4n) is 2.28. The van der Waals surface area contributed by atoms with E-state index >= 15 is 0 Å². The summed E-state index contributed by atoms with van der Waals surface area (Å²) in [6, 6.07) is 4.27. The van der Waals surface area contributed by atoms with Gasteiger partial charge in [-0.3, -0.25) is 0 Å². The molecule has 2 rings (SSSR count). The summed E-state index contributed by atoms with van der Waals surface area (Å²) in [7, 11) is 0. The summed E-state index contributed by atoms with van der Waals surface area (Å²) in [4.78, 5) is 6.79. The highest BCUT2D eigenvalue weighted by atomic mass is 16.5. The molecule has 4 heteroatoms. The molecule has 0 spiro atoms. The molecule has 1 aliphatic heterocycles. The summed E-state index contributed by atoms with van der Waals surface area (Å²) in [6.07, 6.45) is 2.19. The van der Waals surface area contributed by atoms with Gasteiger partial charge in [0.05, 0.1) is 12.7 Å². The van der Waals surface area contributed by atoms with Crippen LogP contribution in [0.15, 0.2) is 18.3 Å². The van der Waals surface area contributed by atoms with E-state index in [0.29, 0.717) is 12.0 Å². The van der Waals surface area contributed by atoms with Crippen molar-refractivity contribution in [3.63, 3.8) is 0 Å². The van der Waals surface area contributed by atoms with Gasteiger partial charge in [-0.1, -0.05) is 13.8 Å². The van der Waals surface area contributed by atoms with Crippen molar-refractivity contribution in [2.24, 2.45) is 5.92 Å². The predicted octanol–water partition coefficient (Wildman–Crippen LogP) is 2.05. The highest BCUT2D eigenvalue weighted by molar-refractivity contribution is 5.41. The first-order chi connectivity index (χ1) is 9.15. The largest absolute Gasteiger partial charge is 0.375 e. The van der Waals surface area contributed by atoms with Gasteiger partial charge in [0.15, 0.2) is 0 Å². The number of anilines is 1. The van der Waals surface area contributed by atoms with E-state index in [-0.39, 0.29) is 0 Å². The zero-order valence-electron chi connectivity index (χ0n) is 12.2. The number of pyridine rings is 1. The molecule has 0 saturated carbocycles. The minimum absolute atomic E-state index is 0.290. The second kappa shape index (κ2) is 6.87. The van der Waals surface area contributed by atoms with E-state index in [0.717, 1.165) is 38.6 Å². The van der Waals surface area contributed by atoms with E-state index in [1.54, 1.807) is 0 Å². The zero-order chi connectivity index (χ0) is 13.7. The molecule has 0 bridgehead atoms. The Morgan fingerprint density at radius 3 is 3.11 bits per heavy atom. The molecule has 1 fully saturated rings. The predicted molar refractivity (Wildman–Crippen MR) is 78.4 cm³/mol. The Morgan fingerprint density at radius 1 is 1.53 bits per heavy atom. The number of morpholine rings is 1. The number of rotatable bonds is 5. The van der Waals surface area contributed by atoms with Crippen LogP contribution in [0.2, 0.25) is 0 Å². The van der Waals surface area contributed by atoms with Gasteiger partial charge in [0.25, 0.3) is 0 Å². The van der Waals surface area contributed by atoms with Crippen LogP contribution >= 0.6 is 0 Å². The third kappa shape index (κ3) is 4.48. The molecule has 0 amide bonds. The fourth-order valence-corrected chi connectivity index (χ4v) is 2.28. The SMILES string of the molecule is CC(C)CNCc1ccnc(N2CCOC(C)C2)c1. The fraction of sp³-hybridized carbons (Fsp3) is 0.667. The first-order valence-electron chi connectivity index (χ1n) is 7.17. The molecular formula is C15H25N3O. The molecule has 1 aromatic rings. The van der Waals surface area contributed by atoms with Gasteiger partial charge in [0, 0.05) is 25.8 Å². The summed E-state index contributed by atoms with van der Waals surface area (Å²) in [6.45, 7) is 11.2. The number of nitrogens with one attached hydrogen (secondary N) is 1. The van der Waals surface area contributed by atoms with Crippen LogP contribution in [0.25, 0.3) is 0 Å². The number of nitrogens with zero attached hydrogens (tertiary/aromatic N) is 2. The summed E-state index contributed by atoms with van der Waals surface area (Å²) in [5.41, 5.74) is 1.30. The molecule has 1 aliphatic rings. The summed E-state index contributed by atoms with van der Waals surface area (Å²) in [5.74, 6) is 1.75. The Morgan fingerprint density at radius 2 is 2.37 bits per heavy atom. The summed E-state index contributed by atoms with van der Waals surface area (Å²) < 4.78 is 5.57. The Kier molecular flexibility index (Phi) is 5.16. The minimum Gasteiger partial charge on any atom is -0.375 e. The Labute approximate surface area is 116 Å². The summed E-state index contributed by atoms with van der Waals surface area (Å²) >= 11 is 0. The van der Waals surface area contributed by atoms with Gasteiger partial charge < -0.3 is 15.0 Å². The maximum atomic E-state index is 5.57. The van der Waals surface area contributed by atoms with E-state index in [2.05, 4.69) is 48.1 Å². The minimum atomic E-state index is 0.290. The maximum absolute atomic E-state index is 5.57. The van der Waals surface area contributed by atoms with Gasteiger partial charge in [-0.25, -0.2) is 4.98 Å². The Balaban J connectivity index is 1.94. The van der Waals surface area contributed by atoms with E-state index in [1.165, 1.54) is 5.56 Å². The van der Waals surface area contributed by atoms with Crippen LogP contribution in [-0.2, 0) is 11.3 Å². The monoisotopic (exact) mass is 263 g/mol. The normalized spacial score (nSPS) is 20.0. The number of hydrogen-bond donors (Lipinski definition) is 1. The van der Waals surface area contributed by atoms with Crippen molar-refractivity contribution in [2.75, 3.05) is 31.1 Å². The second-order valence-electron chi connectivity index (χ2n) is 5.67. The van der Waals surface area contributed by atoms with Crippen molar-refractivity contribution < 1.29 is 4.74 Å².